The van der Waals surface area contributed by atoms with Crippen molar-refractivity contribution in [1.82, 2.24) is 0 Å². The maximum absolute atomic E-state index is 14.2. The minimum Gasteiger partial charge on any atom is -0.394 e. The van der Waals surface area contributed by atoms with Crippen LogP contribution in [0.3, 0.4) is 0 Å². The summed E-state index contributed by atoms with van der Waals surface area (Å²) in [5.74, 6) is 0.156. The highest BCUT2D eigenvalue weighted by Gasteiger charge is 2.35. The quantitative estimate of drug-likeness (QED) is 0.0241. The molecule has 0 saturated heterocycles. The van der Waals surface area contributed by atoms with Crippen LogP contribution in [0.1, 0.15) is 303 Å². The molecule has 0 amide bonds. The van der Waals surface area contributed by atoms with Crippen LogP contribution in [0.4, 0.5) is 0 Å². The van der Waals surface area contributed by atoms with E-state index in [4.69, 9.17) is 9.05 Å². The second kappa shape index (κ2) is 47.7. The summed E-state index contributed by atoms with van der Waals surface area (Å²) >= 11 is 0. The van der Waals surface area contributed by atoms with E-state index in [2.05, 4.69) is 20.8 Å². The van der Waals surface area contributed by atoms with Crippen molar-refractivity contribution >= 4 is 13.6 Å². The summed E-state index contributed by atoms with van der Waals surface area (Å²) < 4.78 is 24.8. The Kier molecular flexibility index (Phi) is 47.3. The lowest BCUT2D eigenvalue weighted by Gasteiger charge is -2.32. The largest absolute Gasteiger partial charge is 0.473 e. The Balaban J connectivity index is 4.96. The van der Waals surface area contributed by atoms with E-state index in [1.807, 2.05) is 21.1 Å². The molecule has 0 aliphatic heterocycles. The second-order valence-corrected chi connectivity index (χ2v) is 23.2. The van der Waals surface area contributed by atoms with Crippen molar-refractivity contribution < 1.29 is 38.0 Å². The average Bonchev–Trinajstić information content (AvgIpc) is 3.29. The number of carbonyl (C=O) groups is 1. The lowest BCUT2D eigenvalue weighted by atomic mass is 9.89. The normalized spacial score (nSPS) is 14.3. The first-order chi connectivity index (χ1) is 32.4. The number of hydrogen-bond acceptors (Lipinski definition) is 6. The number of nitrogens with zero attached hydrogens (tertiary/aromatic N) is 1. The van der Waals surface area contributed by atoms with Crippen LogP contribution in [0, 0.1) is 0 Å². The highest BCUT2D eigenvalue weighted by molar-refractivity contribution is 7.47. The zero-order valence-electron chi connectivity index (χ0n) is 45.8. The molecule has 0 aliphatic rings. The number of quaternary nitrogens is 1. The molecule has 2 unspecified atom stereocenters. The number of carbonyl (C=O) groups excluding carboxylic acids is 1. The first kappa shape index (κ1) is 66.4. The molecule has 0 saturated carbocycles. The molecular weight excluding hydrogens is 854 g/mol. The molecule has 3 N–H and O–H groups in total. The van der Waals surface area contributed by atoms with Gasteiger partial charge in [-0.3, -0.25) is 13.8 Å². The van der Waals surface area contributed by atoms with Crippen molar-refractivity contribution in [2.75, 3.05) is 40.9 Å². The van der Waals surface area contributed by atoms with Gasteiger partial charge in [0.05, 0.1) is 34.4 Å². The van der Waals surface area contributed by atoms with Crippen LogP contribution in [0.5, 0.6) is 0 Å². The van der Waals surface area contributed by atoms with Gasteiger partial charge >= 0.3 is 7.82 Å². The topological polar surface area (TPSA) is 113 Å². The Morgan fingerprint density at radius 2 is 0.761 bits per heavy atom. The first-order valence-corrected chi connectivity index (χ1v) is 30.9. The summed E-state index contributed by atoms with van der Waals surface area (Å²) in [7, 11) is 1.43. The number of unbranched alkanes of at least 4 members (excludes halogenated alkanes) is 38. The first-order valence-electron chi connectivity index (χ1n) is 29.4. The van der Waals surface area contributed by atoms with E-state index in [9.17, 15) is 24.5 Å². The monoisotopic (exact) mass is 971 g/mol. The molecule has 67 heavy (non-hydrogen) atoms. The Labute approximate surface area is 417 Å². The maximum Gasteiger partial charge on any atom is 0.473 e. The number of phosphoric ester groups is 1. The molecule has 9 heteroatoms. The second-order valence-electron chi connectivity index (χ2n) is 21.8. The molecule has 0 rings (SSSR count). The molecule has 0 aromatic heterocycles. The number of phosphoric acid groups is 1. The van der Waals surface area contributed by atoms with Crippen LogP contribution in [0.2, 0.25) is 0 Å². The van der Waals surface area contributed by atoms with Gasteiger partial charge in [0.15, 0.2) is 5.78 Å². The standard InChI is InChI=1S/C58H116NO7P/c1-7-10-12-14-16-18-20-22-24-26-28-30-32-34-36-38-40-42-44-46-49-55(56(48-9-3)58(51-59(4,5)6)66-67(63,64)65-53-54(61)52-60)57(62)50-47-45-43-41-39-37-35-33-31-29-27-25-23-21-19-17-15-13-11-8-2/h54,58,60-61H,7-53H2,1-6H3/p+1/t54-,58?/m1/s1. The van der Waals surface area contributed by atoms with Crippen LogP contribution in [-0.2, 0) is 18.4 Å². The van der Waals surface area contributed by atoms with Gasteiger partial charge in [-0.25, -0.2) is 4.57 Å². The smallest absolute Gasteiger partial charge is 0.394 e. The number of aliphatic hydroxyl groups excluding tert-OH is 2. The van der Waals surface area contributed by atoms with Crippen LogP contribution in [0.25, 0.3) is 0 Å². The minimum absolute atomic E-state index is 0.156. The molecule has 0 bridgehead atoms. The molecular formula is C58H117NO7P+. The summed E-state index contributed by atoms with van der Waals surface area (Å²) in [6.45, 7) is 5.95. The molecule has 0 heterocycles. The molecule has 8 nitrogen and oxygen atoms in total. The van der Waals surface area contributed by atoms with Gasteiger partial charge in [0.25, 0.3) is 0 Å². The third-order valence-corrected chi connectivity index (χ3v) is 14.8. The Morgan fingerprint density at radius 1 is 0.463 bits per heavy atom. The van der Waals surface area contributed by atoms with Crippen molar-refractivity contribution in [3.63, 3.8) is 0 Å². The maximum atomic E-state index is 14.2. The Bertz CT molecular complexity index is 1160. The molecule has 0 fully saturated rings. The van der Waals surface area contributed by atoms with Crippen molar-refractivity contribution in [3.05, 3.63) is 11.1 Å². The fourth-order valence-electron chi connectivity index (χ4n) is 9.63. The van der Waals surface area contributed by atoms with E-state index in [0.717, 1.165) is 56.1 Å². The van der Waals surface area contributed by atoms with E-state index in [1.165, 1.54) is 218 Å². The minimum atomic E-state index is -4.60. The van der Waals surface area contributed by atoms with Crippen molar-refractivity contribution in [2.45, 2.75) is 315 Å². The lowest BCUT2D eigenvalue weighted by molar-refractivity contribution is -0.872. The van der Waals surface area contributed by atoms with Crippen molar-refractivity contribution in [3.8, 4) is 0 Å². The van der Waals surface area contributed by atoms with Gasteiger partial charge in [0, 0.05) is 6.42 Å². The van der Waals surface area contributed by atoms with E-state index in [1.54, 1.807) is 0 Å². The Morgan fingerprint density at radius 3 is 1.04 bits per heavy atom. The number of aliphatic hydroxyl groups is 2. The van der Waals surface area contributed by atoms with E-state index in [0.29, 0.717) is 30.3 Å². The number of Topliss-reactive ketones (excluding diaryl/α,β-unsaturated/α-hetero) is 1. The predicted molar refractivity (Wildman–Crippen MR) is 289 cm³/mol. The summed E-state index contributed by atoms with van der Waals surface area (Å²) in [6, 6.07) is 0. The fourth-order valence-corrected chi connectivity index (χ4v) is 10.6. The highest BCUT2D eigenvalue weighted by Crippen LogP contribution is 2.47. The summed E-state index contributed by atoms with van der Waals surface area (Å²) in [4.78, 5) is 25.0. The third-order valence-electron chi connectivity index (χ3n) is 13.8. The van der Waals surface area contributed by atoms with E-state index >= 15 is 0 Å². The van der Waals surface area contributed by atoms with Crippen LogP contribution in [0.15, 0.2) is 11.1 Å². The molecule has 400 valence electrons. The van der Waals surface area contributed by atoms with Gasteiger partial charge in [-0.1, -0.05) is 271 Å². The molecule has 0 aromatic carbocycles. The molecule has 0 radical (unpaired) electrons. The number of likely N-dealkylation sites (N-methyl/N-ethyl adjacent to an activating group) is 1. The highest BCUT2D eigenvalue weighted by atomic mass is 31.2. The van der Waals surface area contributed by atoms with Crippen LogP contribution < -0.4 is 0 Å². The number of rotatable bonds is 54. The van der Waals surface area contributed by atoms with Crippen molar-refractivity contribution in [2.24, 2.45) is 0 Å². The van der Waals surface area contributed by atoms with Crippen molar-refractivity contribution in [1.29, 1.82) is 0 Å². The van der Waals surface area contributed by atoms with Gasteiger partial charge in [0.1, 0.15) is 18.8 Å². The van der Waals surface area contributed by atoms with Gasteiger partial charge in [-0.2, -0.15) is 0 Å². The number of hydrogen-bond donors (Lipinski definition) is 3. The van der Waals surface area contributed by atoms with Gasteiger partial charge < -0.3 is 19.6 Å². The SMILES string of the molecule is CCCCCCCCCCCCCCCCCCCCCCC(=O)C(CCCCCCCCCCCCCCCCCCCCCC)=C(CCC)C(C[N+](C)(C)C)OP(=O)(O)OC[C@H](O)CO. The third kappa shape index (κ3) is 45.0. The number of allylic oxidation sites excluding steroid dienone is 1. The fraction of sp³-hybridized carbons (Fsp3) is 0.948. The molecule has 0 aromatic rings. The molecule has 3 atom stereocenters. The Hall–Kier alpha value is -0.600. The molecule has 0 spiro atoms. The van der Waals surface area contributed by atoms with Gasteiger partial charge in [0.2, 0.25) is 0 Å². The van der Waals surface area contributed by atoms with Gasteiger partial charge in [-0.15, -0.1) is 0 Å². The zero-order valence-corrected chi connectivity index (χ0v) is 46.7. The predicted octanol–water partition coefficient (Wildman–Crippen LogP) is 17.6. The van der Waals surface area contributed by atoms with Crippen LogP contribution >= 0.6 is 7.82 Å². The van der Waals surface area contributed by atoms with E-state index in [-0.39, 0.29) is 5.78 Å². The summed E-state index contributed by atoms with van der Waals surface area (Å²) in [5.41, 5.74) is 1.61. The summed E-state index contributed by atoms with van der Waals surface area (Å²) in [6.07, 6.45) is 53.4. The number of ketones is 1. The molecule has 0 aliphatic carbocycles. The zero-order chi connectivity index (χ0) is 49.5. The lowest BCUT2D eigenvalue weighted by Crippen LogP contribution is -2.43. The summed E-state index contributed by atoms with van der Waals surface area (Å²) in [5, 5.41) is 19.1. The van der Waals surface area contributed by atoms with Gasteiger partial charge in [-0.05, 0) is 36.8 Å². The van der Waals surface area contributed by atoms with E-state index < -0.39 is 33.2 Å². The average molecular weight is 972 g/mol. The van der Waals surface area contributed by atoms with Crippen LogP contribution in [-0.4, -0.2) is 78.5 Å².